The third kappa shape index (κ3) is 4.47. The van der Waals surface area contributed by atoms with E-state index in [-0.39, 0.29) is 24.9 Å². The van der Waals surface area contributed by atoms with Gasteiger partial charge in [-0.1, -0.05) is 29.8 Å². The third-order valence-electron chi connectivity index (χ3n) is 4.17. The number of carbonyl (C=O) groups is 1. The molecule has 0 radical (unpaired) electrons. The van der Waals surface area contributed by atoms with Crippen LogP contribution in [0.4, 0.5) is 0 Å². The van der Waals surface area contributed by atoms with Crippen molar-refractivity contribution < 1.29 is 13.6 Å². The molecule has 2 aromatic carbocycles. The van der Waals surface area contributed by atoms with Gasteiger partial charge in [-0.25, -0.2) is 4.79 Å². The first-order valence-corrected chi connectivity index (χ1v) is 9.21. The first-order valence-electron chi connectivity index (χ1n) is 8.83. The molecule has 2 heterocycles. The molecule has 0 aliphatic rings. The van der Waals surface area contributed by atoms with E-state index in [2.05, 4.69) is 10.4 Å². The monoisotopic (exact) mass is 409 g/mol. The Labute approximate surface area is 170 Å². The lowest BCUT2D eigenvalue weighted by molar-refractivity contribution is -0.122. The molecule has 7 nitrogen and oxygen atoms in total. The number of carbonyl (C=O) groups excluding carboxylic acids is 1. The Hall–Kier alpha value is -3.58. The zero-order chi connectivity index (χ0) is 20.2. The molecule has 0 spiro atoms. The summed E-state index contributed by atoms with van der Waals surface area (Å²) in [7, 11) is 0. The van der Waals surface area contributed by atoms with Crippen LogP contribution >= 0.6 is 11.6 Å². The average molecular weight is 410 g/mol. The molecule has 146 valence electrons. The molecule has 0 saturated carbocycles. The summed E-state index contributed by atoms with van der Waals surface area (Å²) in [6, 6.07) is 19.9. The highest BCUT2D eigenvalue weighted by atomic mass is 35.5. The van der Waals surface area contributed by atoms with E-state index in [1.54, 1.807) is 30.3 Å². The van der Waals surface area contributed by atoms with Crippen LogP contribution in [0.5, 0.6) is 0 Å². The number of nitrogens with one attached hydrogen (secondary N) is 1. The fourth-order valence-electron chi connectivity index (χ4n) is 2.72. The summed E-state index contributed by atoms with van der Waals surface area (Å²) in [5.41, 5.74) is 1.55. The molecular weight excluding hydrogens is 394 g/mol. The number of hydrogen-bond donors (Lipinski definition) is 1. The molecule has 0 unspecified atom stereocenters. The molecule has 1 amide bonds. The van der Waals surface area contributed by atoms with Crippen LogP contribution in [0.15, 0.2) is 80.4 Å². The largest absolute Gasteiger partial charge is 0.459 e. The van der Waals surface area contributed by atoms with Crippen molar-refractivity contribution in [1.29, 1.82) is 0 Å². The Morgan fingerprint density at radius 1 is 0.966 bits per heavy atom. The minimum absolute atomic E-state index is 0.169. The van der Waals surface area contributed by atoms with Gasteiger partial charge in [0.05, 0.1) is 6.54 Å². The summed E-state index contributed by atoms with van der Waals surface area (Å²) >= 11 is 5.89. The normalized spacial score (nSPS) is 10.8. The smallest absolute Gasteiger partial charge is 0.437 e. The molecule has 8 heteroatoms. The first-order chi connectivity index (χ1) is 14.1. The second-order valence-electron chi connectivity index (χ2n) is 6.25. The zero-order valence-corrected chi connectivity index (χ0v) is 15.9. The topological polar surface area (TPSA) is 90.3 Å². The maximum absolute atomic E-state index is 12.2. The van der Waals surface area contributed by atoms with Gasteiger partial charge in [0.1, 0.15) is 18.1 Å². The number of halogens is 1. The van der Waals surface area contributed by atoms with E-state index in [1.165, 1.54) is 0 Å². The molecule has 4 aromatic rings. The van der Waals surface area contributed by atoms with Crippen molar-refractivity contribution in [2.45, 2.75) is 13.1 Å². The molecule has 0 atom stereocenters. The molecule has 0 bridgehead atoms. The lowest BCUT2D eigenvalue weighted by Gasteiger charge is -2.02. The van der Waals surface area contributed by atoms with E-state index in [9.17, 15) is 9.59 Å². The number of aromatic nitrogens is 2. The lowest BCUT2D eigenvalue weighted by Crippen LogP contribution is -2.31. The van der Waals surface area contributed by atoms with E-state index < -0.39 is 5.76 Å². The van der Waals surface area contributed by atoms with Gasteiger partial charge in [0, 0.05) is 16.1 Å². The van der Waals surface area contributed by atoms with Gasteiger partial charge in [-0.05, 0) is 48.5 Å². The lowest BCUT2D eigenvalue weighted by atomic mass is 10.2. The van der Waals surface area contributed by atoms with Gasteiger partial charge in [0.2, 0.25) is 11.8 Å². The summed E-state index contributed by atoms with van der Waals surface area (Å²) < 4.78 is 11.8. The minimum atomic E-state index is -0.693. The maximum Gasteiger partial charge on any atom is 0.437 e. The van der Waals surface area contributed by atoms with Crippen molar-refractivity contribution in [1.82, 2.24) is 15.1 Å². The number of benzene rings is 2. The van der Waals surface area contributed by atoms with Gasteiger partial charge in [-0.3, -0.25) is 4.79 Å². The van der Waals surface area contributed by atoms with Gasteiger partial charge in [-0.2, -0.15) is 4.68 Å². The summed E-state index contributed by atoms with van der Waals surface area (Å²) in [5, 5.41) is 7.42. The van der Waals surface area contributed by atoms with E-state index in [4.69, 9.17) is 20.4 Å². The third-order valence-corrected chi connectivity index (χ3v) is 4.42. The highest BCUT2D eigenvalue weighted by molar-refractivity contribution is 6.30. The number of rotatable bonds is 6. The first kappa shape index (κ1) is 18.8. The summed E-state index contributed by atoms with van der Waals surface area (Å²) in [6.07, 6.45) is 0. The molecular formula is C21H16ClN3O4. The van der Waals surface area contributed by atoms with E-state index in [0.29, 0.717) is 22.1 Å². The van der Waals surface area contributed by atoms with E-state index >= 15 is 0 Å². The zero-order valence-electron chi connectivity index (χ0n) is 15.2. The van der Waals surface area contributed by atoms with Gasteiger partial charge < -0.3 is 14.2 Å². The van der Waals surface area contributed by atoms with Crippen molar-refractivity contribution in [2.24, 2.45) is 0 Å². The number of nitrogens with zero attached hydrogens (tertiary/aromatic N) is 2. The predicted molar refractivity (Wildman–Crippen MR) is 107 cm³/mol. The van der Waals surface area contributed by atoms with Crippen LogP contribution in [-0.4, -0.2) is 15.7 Å². The molecule has 0 saturated heterocycles. The highest BCUT2D eigenvalue weighted by Crippen LogP contribution is 2.23. The van der Waals surface area contributed by atoms with Crippen molar-refractivity contribution in [3.63, 3.8) is 0 Å². The molecule has 2 aromatic heterocycles. The Balaban J connectivity index is 1.37. The number of furan rings is 1. The van der Waals surface area contributed by atoms with Gasteiger partial charge in [0.15, 0.2) is 0 Å². The van der Waals surface area contributed by atoms with Gasteiger partial charge >= 0.3 is 5.76 Å². The maximum atomic E-state index is 12.2. The Kier molecular flexibility index (Phi) is 5.31. The number of hydrogen-bond acceptors (Lipinski definition) is 5. The second-order valence-corrected chi connectivity index (χ2v) is 6.68. The van der Waals surface area contributed by atoms with Crippen molar-refractivity contribution in [2.75, 3.05) is 0 Å². The van der Waals surface area contributed by atoms with Crippen LogP contribution in [0, 0.1) is 0 Å². The van der Waals surface area contributed by atoms with Gasteiger partial charge in [0.25, 0.3) is 0 Å². The second kappa shape index (κ2) is 8.20. The van der Waals surface area contributed by atoms with Crippen LogP contribution in [0.1, 0.15) is 5.76 Å². The Bertz CT molecular complexity index is 1180. The fraction of sp³-hybridized carbons (Fsp3) is 0.0952. The number of amides is 1. The molecule has 0 fully saturated rings. The van der Waals surface area contributed by atoms with Crippen LogP contribution < -0.4 is 11.1 Å². The minimum Gasteiger partial charge on any atom is -0.459 e. The van der Waals surface area contributed by atoms with Gasteiger partial charge in [-0.15, -0.1) is 5.10 Å². The molecule has 0 aliphatic carbocycles. The average Bonchev–Trinajstić information content (AvgIpc) is 3.35. The molecule has 0 aliphatic heterocycles. The van der Waals surface area contributed by atoms with E-state index in [1.807, 2.05) is 36.4 Å². The summed E-state index contributed by atoms with van der Waals surface area (Å²) in [6.45, 7) is -0.0650. The van der Waals surface area contributed by atoms with Crippen molar-refractivity contribution in [3.8, 4) is 22.8 Å². The van der Waals surface area contributed by atoms with Crippen LogP contribution in [-0.2, 0) is 17.9 Å². The van der Waals surface area contributed by atoms with Crippen molar-refractivity contribution in [3.05, 3.63) is 88.1 Å². The Morgan fingerprint density at radius 2 is 1.72 bits per heavy atom. The highest BCUT2D eigenvalue weighted by Gasteiger charge is 2.13. The standard InChI is InChI=1S/C21H16ClN3O4/c22-16-8-6-14(7-9-16)18-11-10-17(28-18)12-23-19(26)13-25-21(27)29-20(24-25)15-4-2-1-3-5-15/h1-11H,12-13H2,(H,23,26). The Morgan fingerprint density at radius 3 is 2.48 bits per heavy atom. The van der Waals surface area contributed by atoms with Crippen molar-refractivity contribution >= 4 is 17.5 Å². The van der Waals surface area contributed by atoms with Crippen LogP contribution in [0.3, 0.4) is 0 Å². The SMILES string of the molecule is O=C(Cn1nc(-c2ccccc2)oc1=O)NCc1ccc(-c2ccc(Cl)cc2)o1. The van der Waals surface area contributed by atoms with Crippen LogP contribution in [0.25, 0.3) is 22.8 Å². The predicted octanol–water partition coefficient (Wildman–Crippen LogP) is 3.73. The summed E-state index contributed by atoms with van der Waals surface area (Å²) in [5.74, 6) is 0.348. The quantitative estimate of drug-likeness (QED) is 0.524. The molecule has 4 rings (SSSR count). The van der Waals surface area contributed by atoms with E-state index in [0.717, 1.165) is 10.2 Å². The molecule has 29 heavy (non-hydrogen) atoms. The van der Waals surface area contributed by atoms with Crippen LogP contribution in [0.2, 0.25) is 5.02 Å². The fourth-order valence-corrected chi connectivity index (χ4v) is 2.85. The summed E-state index contributed by atoms with van der Waals surface area (Å²) in [4.78, 5) is 24.1. The molecule has 1 N–H and O–H groups in total.